The molecule has 0 aromatic heterocycles. The molecule has 0 aliphatic heterocycles. The summed E-state index contributed by atoms with van der Waals surface area (Å²) >= 11 is 11.6. The van der Waals surface area contributed by atoms with Gasteiger partial charge in [-0.15, -0.1) is 0 Å². The number of hydrogen-bond acceptors (Lipinski definition) is 1. The van der Waals surface area contributed by atoms with Crippen LogP contribution in [0, 0.1) is 6.07 Å². The highest BCUT2D eigenvalue weighted by molar-refractivity contribution is 6.35. The molecule has 0 amide bonds. The Labute approximate surface area is 153 Å². The number of carbonyl (C=O) groups excluding carboxylic acids is 1. The van der Waals surface area contributed by atoms with E-state index in [0.717, 1.165) is 36.1 Å². The van der Waals surface area contributed by atoms with E-state index in [1.54, 1.807) is 6.07 Å². The smallest absolute Gasteiger partial charge is 0.289 e. The van der Waals surface area contributed by atoms with Gasteiger partial charge in [0.05, 0.1) is 5.57 Å². The normalized spacial score (nSPS) is 14.5. The molecule has 0 spiro atoms. The minimum absolute atomic E-state index is 0.0697. The Morgan fingerprint density at radius 2 is 1.80 bits per heavy atom. The highest BCUT2D eigenvalue weighted by Gasteiger charge is 2.36. The van der Waals surface area contributed by atoms with Crippen LogP contribution in [0.25, 0.3) is 5.57 Å². The van der Waals surface area contributed by atoms with E-state index in [2.05, 4.69) is 6.07 Å². The molecular formula is C19H12Cl2F3O. The molecule has 0 N–H and O–H groups in total. The zero-order valence-electron chi connectivity index (χ0n) is 12.9. The number of rotatable bonds is 3. The quantitative estimate of drug-likeness (QED) is 0.461. The SMILES string of the molecule is O=C(C=C(c1cc(Cl)cc(Cl)c1)C(F)(F)F)c1cc[c]c2c1CCC2. The number of halogens is 5. The molecule has 1 radical (unpaired) electrons. The van der Waals surface area contributed by atoms with Gasteiger partial charge in [0.25, 0.3) is 0 Å². The van der Waals surface area contributed by atoms with Crippen molar-refractivity contribution in [2.75, 3.05) is 0 Å². The van der Waals surface area contributed by atoms with Crippen LogP contribution >= 0.6 is 23.2 Å². The van der Waals surface area contributed by atoms with E-state index in [1.807, 2.05) is 0 Å². The Hall–Kier alpha value is -1.78. The molecule has 1 aliphatic rings. The van der Waals surface area contributed by atoms with Gasteiger partial charge in [-0.2, -0.15) is 13.2 Å². The lowest BCUT2D eigenvalue weighted by Gasteiger charge is -2.13. The highest BCUT2D eigenvalue weighted by atomic mass is 35.5. The van der Waals surface area contributed by atoms with Gasteiger partial charge in [-0.3, -0.25) is 4.79 Å². The van der Waals surface area contributed by atoms with Crippen molar-refractivity contribution in [1.82, 2.24) is 0 Å². The van der Waals surface area contributed by atoms with Crippen LogP contribution in [-0.2, 0) is 12.8 Å². The molecular weight excluding hydrogens is 372 g/mol. The fourth-order valence-electron chi connectivity index (χ4n) is 3.00. The summed E-state index contributed by atoms with van der Waals surface area (Å²) in [5.41, 5.74) is 0.674. The predicted octanol–water partition coefficient (Wildman–Crippen LogP) is 6.11. The Bertz CT molecular complexity index is 849. The molecule has 0 saturated carbocycles. The van der Waals surface area contributed by atoms with Crippen molar-refractivity contribution in [2.45, 2.75) is 25.4 Å². The number of fused-ring (bicyclic) bond motifs is 1. The van der Waals surface area contributed by atoms with Gasteiger partial charge < -0.3 is 0 Å². The van der Waals surface area contributed by atoms with Gasteiger partial charge in [-0.25, -0.2) is 0 Å². The van der Waals surface area contributed by atoms with E-state index in [1.165, 1.54) is 12.1 Å². The van der Waals surface area contributed by atoms with E-state index >= 15 is 0 Å². The first kappa shape index (κ1) is 18.0. The standard InChI is InChI=1S/C19H12Cl2F3O/c20-13-7-12(8-14(21)9-13)17(19(22,23)24)10-18(25)16-6-2-4-11-3-1-5-15(11)16/h2,6-10H,1,3,5H2. The molecule has 3 rings (SSSR count). The summed E-state index contributed by atoms with van der Waals surface area (Å²) < 4.78 is 40.5. The van der Waals surface area contributed by atoms with Crippen LogP contribution < -0.4 is 0 Å². The molecule has 0 bridgehead atoms. The summed E-state index contributed by atoms with van der Waals surface area (Å²) in [6, 6.07) is 9.76. The van der Waals surface area contributed by atoms with Crippen LogP contribution in [0.2, 0.25) is 10.0 Å². The average Bonchev–Trinajstić information content (AvgIpc) is 2.98. The van der Waals surface area contributed by atoms with Gasteiger partial charge >= 0.3 is 6.18 Å². The minimum atomic E-state index is -4.71. The van der Waals surface area contributed by atoms with Crippen LogP contribution in [0.1, 0.15) is 33.5 Å². The molecule has 1 aliphatic carbocycles. The number of allylic oxidation sites excluding steroid dienone is 2. The Balaban J connectivity index is 2.08. The lowest BCUT2D eigenvalue weighted by Crippen LogP contribution is -2.13. The summed E-state index contributed by atoms with van der Waals surface area (Å²) in [6.45, 7) is 0. The second-order valence-electron chi connectivity index (χ2n) is 5.78. The van der Waals surface area contributed by atoms with Gasteiger partial charge in [0.1, 0.15) is 0 Å². The van der Waals surface area contributed by atoms with Crippen LogP contribution in [0.5, 0.6) is 0 Å². The molecule has 2 aromatic carbocycles. The maximum atomic E-state index is 13.5. The summed E-state index contributed by atoms with van der Waals surface area (Å²) in [4.78, 5) is 12.5. The first-order chi connectivity index (χ1) is 11.8. The maximum absolute atomic E-state index is 13.5. The first-order valence-corrected chi connectivity index (χ1v) is 8.33. The van der Waals surface area contributed by atoms with Crippen LogP contribution in [-0.4, -0.2) is 12.0 Å². The van der Waals surface area contributed by atoms with E-state index in [-0.39, 0.29) is 15.6 Å². The highest BCUT2D eigenvalue weighted by Crippen LogP contribution is 2.37. The monoisotopic (exact) mass is 383 g/mol. The summed E-state index contributed by atoms with van der Waals surface area (Å²) in [6.07, 6.45) is -1.76. The van der Waals surface area contributed by atoms with Crippen molar-refractivity contribution in [2.24, 2.45) is 0 Å². The topological polar surface area (TPSA) is 17.1 Å². The van der Waals surface area contributed by atoms with Crippen molar-refractivity contribution in [1.29, 1.82) is 0 Å². The second kappa shape index (κ2) is 6.85. The van der Waals surface area contributed by atoms with Gasteiger partial charge in [-0.1, -0.05) is 35.3 Å². The van der Waals surface area contributed by atoms with Crippen molar-refractivity contribution in [3.63, 3.8) is 0 Å². The van der Waals surface area contributed by atoms with Crippen LogP contribution in [0.4, 0.5) is 13.2 Å². The molecule has 0 heterocycles. The largest absolute Gasteiger partial charge is 0.417 e. The third-order valence-electron chi connectivity index (χ3n) is 4.07. The molecule has 2 aromatic rings. The third-order valence-corrected chi connectivity index (χ3v) is 4.51. The Kier molecular flexibility index (Phi) is 4.94. The van der Waals surface area contributed by atoms with Crippen LogP contribution in [0.15, 0.2) is 36.4 Å². The van der Waals surface area contributed by atoms with Crippen molar-refractivity contribution in [3.05, 3.63) is 74.8 Å². The minimum Gasteiger partial charge on any atom is -0.289 e. The van der Waals surface area contributed by atoms with Gasteiger partial charge in [0, 0.05) is 15.6 Å². The van der Waals surface area contributed by atoms with Gasteiger partial charge in [0.15, 0.2) is 5.78 Å². The summed E-state index contributed by atoms with van der Waals surface area (Å²) in [7, 11) is 0. The Morgan fingerprint density at radius 1 is 1.12 bits per heavy atom. The molecule has 0 unspecified atom stereocenters. The fraction of sp³-hybridized carbons (Fsp3) is 0.211. The lowest BCUT2D eigenvalue weighted by atomic mass is 9.96. The number of alkyl halides is 3. The molecule has 0 fully saturated rings. The first-order valence-electron chi connectivity index (χ1n) is 7.58. The number of carbonyl (C=O) groups is 1. The number of benzene rings is 2. The lowest BCUT2D eigenvalue weighted by molar-refractivity contribution is -0.0689. The van der Waals surface area contributed by atoms with E-state index in [4.69, 9.17) is 23.2 Å². The summed E-state index contributed by atoms with van der Waals surface area (Å²) in [5, 5.41) is 0.139. The van der Waals surface area contributed by atoms with Crippen LogP contribution in [0.3, 0.4) is 0 Å². The van der Waals surface area contributed by atoms with Gasteiger partial charge in [-0.05, 0) is 66.3 Å². The van der Waals surface area contributed by atoms with Crippen molar-refractivity contribution >= 4 is 34.6 Å². The molecule has 25 heavy (non-hydrogen) atoms. The van der Waals surface area contributed by atoms with E-state index < -0.39 is 17.5 Å². The van der Waals surface area contributed by atoms with E-state index in [9.17, 15) is 18.0 Å². The Morgan fingerprint density at radius 3 is 2.44 bits per heavy atom. The fourth-order valence-corrected chi connectivity index (χ4v) is 3.53. The van der Waals surface area contributed by atoms with Gasteiger partial charge in [0.2, 0.25) is 0 Å². The molecule has 1 nitrogen and oxygen atoms in total. The zero-order chi connectivity index (χ0) is 18.2. The molecule has 129 valence electrons. The second-order valence-corrected chi connectivity index (χ2v) is 6.65. The number of aryl methyl sites for hydroxylation is 1. The molecule has 0 atom stereocenters. The third kappa shape index (κ3) is 3.91. The average molecular weight is 384 g/mol. The number of hydrogen-bond donors (Lipinski definition) is 0. The summed E-state index contributed by atoms with van der Waals surface area (Å²) in [5.74, 6) is -0.685. The number of ketones is 1. The van der Waals surface area contributed by atoms with E-state index in [0.29, 0.717) is 18.1 Å². The predicted molar refractivity (Wildman–Crippen MR) is 92.1 cm³/mol. The molecule has 0 saturated heterocycles. The van der Waals surface area contributed by atoms with Crippen molar-refractivity contribution < 1.29 is 18.0 Å². The zero-order valence-corrected chi connectivity index (χ0v) is 14.4. The van der Waals surface area contributed by atoms with Crippen molar-refractivity contribution in [3.8, 4) is 0 Å². The maximum Gasteiger partial charge on any atom is 0.417 e. The molecule has 6 heteroatoms.